The Bertz CT molecular complexity index is 440. The maximum atomic E-state index is 11.1. The fourth-order valence-corrected chi connectivity index (χ4v) is 2.39. The summed E-state index contributed by atoms with van der Waals surface area (Å²) in [7, 11) is 1.61. The van der Waals surface area contributed by atoms with Crippen molar-refractivity contribution in [1.82, 2.24) is 0 Å². The van der Waals surface area contributed by atoms with E-state index in [1.165, 1.54) is 0 Å². The van der Waals surface area contributed by atoms with Gasteiger partial charge in [0.2, 0.25) is 5.91 Å². The molecule has 5 heteroatoms. The highest BCUT2D eigenvalue weighted by molar-refractivity contribution is 5.78. The van der Waals surface area contributed by atoms with Crippen LogP contribution in [0.15, 0.2) is 18.2 Å². The first kappa shape index (κ1) is 12.5. The van der Waals surface area contributed by atoms with Gasteiger partial charge in [0.25, 0.3) is 0 Å². The maximum absolute atomic E-state index is 11.1. The van der Waals surface area contributed by atoms with Gasteiger partial charge in [-0.05, 0) is 25.0 Å². The Morgan fingerprint density at radius 3 is 2.61 bits per heavy atom. The van der Waals surface area contributed by atoms with Crippen LogP contribution in [-0.4, -0.2) is 26.1 Å². The third-order valence-corrected chi connectivity index (χ3v) is 3.50. The van der Waals surface area contributed by atoms with Crippen LogP contribution in [0, 0.1) is 5.92 Å². The summed E-state index contributed by atoms with van der Waals surface area (Å²) >= 11 is 0. The lowest BCUT2D eigenvalue weighted by atomic mass is 9.96. The average molecular weight is 249 g/mol. The Balaban J connectivity index is 2.12. The maximum Gasteiger partial charge on any atom is 0.220 e. The highest BCUT2D eigenvalue weighted by atomic mass is 16.5. The molecule has 1 heterocycles. The van der Waals surface area contributed by atoms with Crippen LogP contribution in [0.1, 0.15) is 12.8 Å². The summed E-state index contributed by atoms with van der Waals surface area (Å²) in [4.78, 5) is 13.3. The van der Waals surface area contributed by atoms with Crippen molar-refractivity contribution in [1.29, 1.82) is 0 Å². The van der Waals surface area contributed by atoms with E-state index in [1.807, 2.05) is 18.2 Å². The van der Waals surface area contributed by atoms with Crippen LogP contribution in [0.4, 0.5) is 11.4 Å². The number of amides is 1. The Kier molecular flexibility index (Phi) is 3.60. The number of hydrogen-bond donors (Lipinski definition) is 2. The number of nitrogen functional groups attached to an aromatic ring is 1. The molecule has 0 aromatic heterocycles. The summed E-state index contributed by atoms with van der Waals surface area (Å²) in [6, 6.07) is 5.74. The number of carbonyl (C=O) groups is 1. The predicted octanol–water partition coefficient (Wildman–Crippen LogP) is 0.979. The number of primary amides is 1. The number of ether oxygens (including phenoxy) is 1. The molecule has 5 nitrogen and oxygen atoms in total. The number of nitrogens with two attached hydrogens (primary N) is 2. The number of para-hydroxylation sites is 1. The van der Waals surface area contributed by atoms with Crippen molar-refractivity contribution in [3.05, 3.63) is 18.2 Å². The molecule has 4 N–H and O–H groups in total. The van der Waals surface area contributed by atoms with Gasteiger partial charge in [0.15, 0.2) is 0 Å². The monoisotopic (exact) mass is 249 g/mol. The normalized spacial score (nSPS) is 16.6. The zero-order valence-corrected chi connectivity index (χ0v) is 10.6. The summed E-state index contributed by atoms with van der Waals surface area (Å²) in [6.45, 7) is 1.59. The largest absolute Gasteiger partial charge is 0.495 e. The van der Waals surface area contributed by atoms with E-state index in [0.717, 1.165) is 31.6 Å². The minimum Gasteiger partial charge on any atom is -0.495 e. The average Bonchev–Trinajstić information content (AvgIpc) is 2.39. The van der Waals surface area contributed by atoms with E-state index in [1.54, 1.807) is 7.11 Å². The van der Waals surface area contributed by atoms with E-state index >= 15 is 0 Å². The number of carbonyl (C=O) groups excluding carboxylic acids is 1. The molecule has 1 aromatic carbocycles. The van der Waals surface area contributed by atoms with Gasteiger partial charge in [0.1, 0.15) is 5.75 Å². The van der Waals surface area contributed by atoms with Crippen LogP contribution in [-0.2, 0) is 4.79 Å². The molecular formula is C13H19N3O2. The van der Waals surface area contributed by atoms with Crippen molar-refractivity contribution in [2.75, 3.05) is 30.8 Å². The van der Waals surface area contributed by atoms with Crippen LogP contribution >= 0.6 is 0 Å². The first-order chi connectivity index (χ1) is 8.63. The summed E-state index contributed by atoms with van der Waals surface area (Å²) in [5.41, 5.74) is 13.0. The number of hydrogen-bond acceptors (Lipinski definition) is 4. The van der Waals surface area contributed by atoms with Crippen molar-refractivity contribution >= 4 is 17.3 Å². The highest BCUT2D eigenvalue weighted by Crippen LogP contribution is 2.34. The van der Waals surface area contributed by atoms with Gasteiger partial charge in [0.05, 0.1) is 18.5 Å². The molecular weight excluding hydrogens is 230 g/mol. The van der Waals surface area contributed by atoms with Gasteiger partial charge in [-0.3, -0.25) is 4.79 Å². The molecule has 2 rings (SSSR count). The van der Waals surface area contributed by atoms with E-state index in [-0.39, 0.29) is 11.8 Å². The van der Waals surface area contributed by atoms with Crippen molar-refractivity contribution in [3.63, 3.8) is 0 Å². The van der Waals surface area contributed by atoms with Gasteiger partial charge in [-0.15, -0.1) is 0 Å². The third-order valence-electron chi connectivity index (χ3n) is 3.50. The molecule has 0 atom stereocenters. The van der Waals surface area contributed by atoms with Crippen LogP contribution in [0.5, 0.6) is 5.75 Å². The van der Waals surface area contributed by atoms with E-state index in [9.17, 15) is 4.79 Å². The molecule has 1 aromatic rings. The minimum atomic E-state index is -0.201. The SMILES string of the molecule is COc1cccc(N2CCC(C(N)=O)CC2)c1N. The lowest BCUT2D eigenvalue weighted by molar-refractivity contribution is -0.122. The minimum absolute atomic E-state index is 0.00641. The molecule has 0 bridgehead atoms. The second-order valence-corrected chi connectivity index (χ2v) is 4.56. The van der Waals surface area contributed by atoms with Gasteiger partial charge in [0, 0.05) is 19.0 Å². The fraction of sp³-hybridized carbons (Fsp3) is 0.462. The summed E-state index contributed by atoms with van der Waals surface area (Å²) < 4.78 is 5.21. The zero-order valence-electron chi connectivity index (χ0n) is 10.6. The molecule has 1 aliphatic rings. The predicted molar refractivity (Wildman–Crippen MR) is 71.5 cm³/mol. The van der Waals surface area contributed by atoms with Crippen LogP contribution in [0.25, 0.3) is 0 Å². The Hall–Kier alpha value is -1.91. The van der Waals surface area contributed by atoms with E-state index in [4.69, 9.17) is 16.2 Å². The number of piperidine rings is 1. The van der Waals surface area contributed by atoms with E-state index in [2.05, 4.69) is 4.90 Å². The first-order valence-corrected chi connectivity index (χ1v) is 6.10. The quantitative estimate of drug-likeness (QED) is 0.782. The molecule has 0 spiro atoms. The lowest BCUT2D eigenvalue weighted by Gasteiger charge is -2.33. The summed E-state index contributed by atoms with van der Waals surface area (Å²) in [5.74, 6) is 0.478. The summed E-state index contributed by atoms with van der Waals surface area (Å²) in [5, 5.41) is 0. The Morgan fingerprint density at radius 2 is 2.06 bits per heavy atom. The molecule has 0 unspecified atom stereocenters. The molecule has 0 radical (unpaired) electrons. The molecule has 0 saturated carbocycles. The Labute approximate surface area is 107 Å². The van der Waals surface area contributed by atoms with Gasteiger partial charge < -0.3 is 21.1 Å². The fourth-order valence-electron chi connectivity index (χ4n) is 2.39. The number of rotatable bonds is 3. The van der Waals surface area contributed by atoms with Crippen molar-refractivity contribution in [3.8, 4) is 5.75 Å². The number of nitrogens with zero attached hydrogens (tertiary/aromatic N) is 1. The molecule has 1 aliphatic heterocycles. The van der Waals surface area contributed by atoms with Crippen molar-refractivity contribution in [2.45, 2.75) is 12.8 Å². The van der Waals surface area contributed by atoms with Gasteiger partial charge in [-0.25, -0.2) is 0 Å². The summed E-state index contributed by atoms with van der Waals surface area (Å²) in [6.07, 6.45) is 1.57. The standard InChI is InChI=1S/C13H19N3O2/c1-18-11-4-2-3-10(12(11)14)16-7-5-9(6-8-16)13(15)17/h2-4,9H,5-8,14H2,1H3,(H2,15,17). The molecule has 1 fully saturated rings. The topological polar surface area (TPSA) is 81.6 Å². The molecule has 18 heavy (non-hydrogen) atoms. The second kappa shape index (κ2) is 5.16. The molecule has 1 saturated heterocycles. The highest BCUT2D eigenvalue weighted by Gasteiger charge is 2.24. The number of methoxy groups -OCH3 is 1. The van der Waals surface area contributed by atoms with Gasteiger partial charge in [-0.2, -0.15) is 0 Å². The van der Waals surface area contributed by atoms with Crippen molar-refractivity contribution in [2.24, 2.45) is 11.7 Å². The first-order valence-electron chi connectivity index (χ1n) is 6.10. The molecule has 98 valence electrons. The third kappa shape index (κ3) is 2.34. The van der Waals surface area contributed by atoms with Gasteiger partial charge >= 0.3 is 0 Å². The zero-order chi connectivity index (χ0) is 13.1. The van der Waals surface area contributed by atoms with Crippen molar-refractivity contribution < 1.29 is 9.53 Å². The van der Waals surface area contributed by atoms with Crippen LogP contribution in [0.3, 0.4) is 0 Å². The Morgan fingerprint density at radius 1 is 1.39 bits per heavy atom. The molecule has 1 amide bonds. The van der Waals surface area contributed by atoms with Crippen LogP contribution in [0.2, 0.25) is 0 Å². The van der Waals surface area contributed by atoms with Crippen LogP contribution < -0.4 is 21.1 Å². The number of benzene rings is 1. The number of anilines is 2. The molecule has 0 aliphatic carbocycles. The van der Waals surface area contributed by atoms with E-state index < -0.39 is 0 Å². The smallest absolute Gasteiger partial charge is 0.220 e. The van der Waals surface area contributed by atoms with E-state index in [0.29, 0.717) is 11.4 Å². The lowest BCUT2D eigenvalue weighted by Crippen LogP contribution is -2.38. The van der Waals surface area contributed by atoms with Gasteiger partial charge in [-0.1, -0.05) is 6.07 Å². The second-order valence-electron chi connectivity index (χ2n) is 4.56.